The fourth-order valence-electron chi connectivity index (χ4n) is 5.16. The molecular formula is C28H42N2. The molecule has 0 bridgehead atoms. The number of rotatable bonds is 6. The fraction of sp³-hybridized carbons (Fsp3) is 0.571. The molecule has 0 atom stereocenters. The van der Waals surface area contributed by atoms with E-state index in [0.29, 0.717) is 11.5 Å². The first-order chi connectivity index (χ1) is 14.2. The van der Waals surface area contributed by atoms with Crippen molar-refractivity contribution in [3.8, 4) is 0 Å². The molecule has 2 aliphatic carbocycles. The molecule has 1 saturated carbocycles. The number of nitrogens with one attached hydrogen (secondary N) is 1. The maximum atomic E-state index is 4.60. The zero-order valence-electron chi connectivity index (χ0n) is 20.2. The van der Waals surface area contributed by atoms with Crippen molar-refractivity contribution in [2.45, 2.75) is 85.1 Å². The number of allylic oxidation sites excluding steroid dienone is 4. The number of nitrogens with zero attached hydrogens (tertiary/aromatic N) is 1. The van der Waals surface area contributed by atoms with Crippen molar-refractivity contribution in [2.24, 2.45) is 5.41 Å². The molecular weight excluding hydrogens is 364 g/mol. The molecule has 0 aliphatic heterocycles. The summed E-state index contributed by atoms with van der Waals surface area (Å²) in [4.78, 5) is 2.64. The van der Waals surface area contributed by atoms with Crippen LogP contribution >= 0.6 is 0 Å². The number of hydrogen-bond donors (Lipinski definition) is 1. The molecule has 1 N–H and O–H groups in total. The highest BCUT2D eigenvalue weighted by Gasteiger charge is 2.32. The topological polar surface area (TPSA) is 15.3 Å². The lowest BCUT2D eigenvalue weighted by Crippen LogP contribution is -2.37. The van der Waals surface area contributed by atoms with Gasteiger partial charge in [-0.1, -0.05) is 51.8 Å². The van der Waals surface area contributed by atoms with E-state index >= 15 is 0 Å². The summed E-state index contributed by atoms with van der Waals surface area (Å²) in [7, 11) is 4.32. The van der Waals surface area contributed by atoms with E-state index in [1.54, 1.807) is 5.70 Å². The average Bonchev–Trinajstić information content (AvgIpc) is 2.74. The monoisotopic (exact) mass is 406 g/mol. The van der Waals surface area contributed by atoms with Crippen LogP contribution < -0.4 is 5.32 Å². The van der Waals surface area contributed by atoms with Crippen molar-refractivity contribution in [3.63, 3.8) is 0 Å². The van der Waals surface area contributed by atoms with Crippen molar-refractivity contribution >= 4 is 11.8 Å². The van der Waals surface area contributed by atoms with E-state index in [0.717, 1.165) is 18.5 Å². The highest BCUT2D eigenvalue weighted by Crippen LogP contribution is 2.44. The minimum atomic E-state index is 0.374. The van der Waals surface area contributed by atoms with Gasteiger partial charge in [-0.15, -0.1) is 0 Å². The van der Waals surface area contributed by atoms with Gasteiger partial charge in [0.05, 0.1) is 0 Å². The highest BCUT2D eigenvalue weighted by atomic mass is 15.1. The molecule has 0 aromatic heterocycles. The van der Waals surface area contributed by atoms with Gasteiger partial charge in [-0.05, 0) is 91.3 Å². The molecule has 0 unspecified atom stereocenters. The van der Waals surface area contributed by atoms with E-state index < -0.39 is 0 Å². The summed E-state index contributed by atoms with van der Waals surface area (Å²) in [5, 5.41) is 3.23. The largest absolute Gasteiger partial charge is 0.388 e. The Morgan fingerprint density at radius 2 is 1.90 bits per heavy atom. The Morgan fingerprint density at radius 3 is 2.53 bits per heavy atom. The Bertz CT molecular complexity index is 834. The van der Waals surface area contributed by atoms with Crippen LogP contribution in [-0.2, 0) is 0 Å². The van der Waals surface area contributed by atoms with Gasteiger partial charge in [-0.3, -0.25) is 0 Å². The molecule has 30 heavy (non-hydrogen) atoms. The third kappa shape index (κ3) is 5.20. The fourth-order valence-corrected chi connectivity index (χ4v) is 5.16. The van der Waals surface area contributed by atoms with E-state index in [4.69, 9.17) is 0 Å². The first kappa shape index (κ1) is 22.7. The van der Waals surface area contributed by atoms with Crippen LogP contribution in [-0.4, -0.2) is 25.0 Å². The quantitative estimate of drug-likeness (QED) is 0.486. The van der Waals surface area contributed by atoms with Gasteiger partial charge in [0.1, 0.15) is 0 Å². The molecule has 1 aromatic rings. The number of anilines is 1. The summed E-state index contributed by atoms with van der Waals surface area (Å²) in [5.74, 6) is 0. The first-order valence-corrected chi connectivity index (χ1v) is 11.8. The van der Waals surface area contributed by atoms with E-state index in [1.807, 2.05) is 7.05 Å². The van der Waals surface area contributed by atoms with E-state index in [9.17, 15) is 0 Å². The smallest absolute Gasteiger partial charge is 0.0340 e. The zero-order chi connectivity index (χ0) is 21.9. The van der Waals surface area contributed by atoms with Gasteiger partial charge in [0.2, 0.25) is 0 Å². The molecule has 2 nitrogen and oxygen atoms in total. The predicted molar refractivity (Wildman–Crippen MR) is 133 cm³/mol. The average molecular weight is 407 g/mol. The molecule has 0 spiro atoms. The Kier molecular flexibility index (Phi) is 7.16. The second kappa shape index (κ2) is 9.45. The van der Waals surface area contributed by atoms with Crippen LogP contribution in [0.5, 0.6) is 0 Å². The lowest BCUT2D eigenvalue weighted by Gasteiger charge is -2.42. The Balaban J connectivity index is 1.92. The highest BCUT2D eigenvalue weighted by molar-refractivity contribution is 5.66. The van der Waals surface area contributed by atoms with Crippen LogP contribution in [0.3, 0.4) is 0 Å². The molecule has 1 aromatic carbocycles. The summed E-state index contributed by atoms with van der Waals surface area (Å²) in [5.41, 5.74) is 9.70. The predicted octanol–water partition coefficient (Wildman–Crippen LogP) is 7.72. The Hall–Kier alpha value is -1.96. The van der Waals surface area contributed by atoms with Crippen LogP contribution in [0.2, 0.25) is 0 Å². The summed E-state index contributed by atoms with van der Waals surface area (Å²) < 4.78 is 0. The third-order valence-corrected chi connectivity index (χ3v) is 7.37. The standard InChI is InChI=1S/C28H42N2/c1-20(17-23-13-14-24(29-6)18-21(23)2)22(3)26-15-16-28(4,5)19-27(26)30(7)25-11-9-8-10-12-25/h13-14,17-18,25,29H,3,8-12,15-16,19H2,1-2,4-7H3/b20-17+. The van der Waals surface area contributed by atoms with Gasteiger partial charge in [0, 0.05) is 31.5 Å². The van der Waals surface area contributed by atoms with Crippen LogP contribution in [0.15, 0.2) is 47.2 Å². The lowest BCUT2D eigenvalue weighted by molar-refractivity contribution is 0.193. The number of hydrogen-bond acceptors (Lipinski definition) is 2. The second-order valence-corrected chi connectivity index (χ2v) is 10.3. The first-order valence-electron chi connectivity index (χ1n) is 11.8. The third-order valence-electron chi connectivity index (χ3n) is 7.37. The van der Waals surface area contributed by atoms with Crippen LogP contribution in [0.1, 0.15) is 83.3 Å². The molecule has 164 valence electrons. The van der Waals surface area contributed by atoms with Gasteiger partial charge >= 0.3 is 0 Å². The van der Waals surface area contributed by atoms with E-state index in [1.165, 1.54) is 66.4 Å². The zero-order valence-corrected chi connectivity index (χ0v) is 20.2. The molecule has 3 rings (SSSR count). The maximum Gasteiger partial charge on any atom is 0.0340 e. The molecule has 2 aliphatic rings. The summed E-state index contributed by atoms with van der Waals surface area (Å²) >= 11 is 0. The van der Waals surface area contributed by atoms with Crippen molar-refractivity contribution in [1.82, 2.24) is 4.90 Å². The van der Waals surface area contributed by atoms with Crippen LogP contribution in [0.25, 0.3) is 6.08 Å². The van der Waals surface area contributed by atoms with Crippen molar-refractivity contribution < 1.29 is 0 Å². The summed E-state index contributed by atoms with van der Waals surface area (Å²) in [6, 6.07) is 7.28. The maximum absolute atomic E-state index is 4.60. The molecule has 2 heteroatoms. The molecule has 1 fully saturated rings. The SMILES string of the molecule is C=C(C1=C(N(C)C2CCCCC2)CC(C)(C)CC1)/C(C)=C/c1ccc(NC)cc1C. The summed E-state index contributed by atoms with van der Waals surface area (Å²) in [6.45, 7) is 13.9. The molecule has 0 saturated heterocycles. The minimum Gasteiger partial charge on any atom is -0.388 e. The minimum absolute atomic E-state index is 0.374. The lowest BCUT2D eigenvalue weighted by atomic mass is 9.73. The van der Waals surface area contributed by atoms with Gasteiger partial charge in [-0.2, -0.15) is 0 Å². The summed E-state index contributed by atoms with van der Waals surface area (Å²) in [6.07, 6.45) is 12.7. The van der Waals surface area contributed by atoms with E-state index in [2.05, 4.69) is 75.8 Å². The van der Waals surface area contributed by atoms with Crippen molar-refractivity contribution in [2.75, 3.05) is 19.4 Å². The van der Waals surface area contributed by atoms with Gasteiger partial charge in [0.25, 0.3) is 0 Å². The second-order valence-electron chi connectivity index (χ2n) is 10.3. The van der Waals surface area contributed by atoms with Gasteiger partial charge in [-0.25, -0.2) is 0 Å². The van der Waals surface area contributed by atoms with Gasteiger partial charge < -0.3 is 10.2 Å². The number of benzene rings is 1. The van der Waals surface area contributed by atoms with Crippen molar-refractivity contribution in [3.05, 3.63) is 58.3 Å². The van der Waals surface area contributed by atoms with Crippen LogP contribution in [0.4, 0.5) is 5.69 Å². The molecule has 0 amide bonds. The Labute approximate surface area is 185 Å². The molecule has 0 radical (unpaired) electrons. The van der Waals surface area contributed by atoms with Crippen molar-refractivity contribution in [1.29, 1.82) is 0 Å². The number of aryl methyl sites for hydroxylation is 1. The normalized spacial score (nSPS) is 20.3. The Morgan fingerprint density at radius 1 is 1.20 bits per heavy atom. The van der Waals surface area contributed by atoms with Crippen LogP contribution in [0, 0.1) is 12.3 Å². The van der Waals surface area contributed by atoms with Gasteiger partial charge in [0.15, 0.2) is 0 Å². The van der Waals surface area contributed by atoms with E-state index in [-0.39, 0.29) is 0 Å². The molecule has 0 heterocycles.